The predicted molar refractivity (Wildman–Crippen MR) is 48.0 cm³/mol. The average molecular weight is 293 g/mol. The zero-order valence-corrected chi connectivity index (χ0v) is 10.6. The van der Waals surface area contributed by atoms with Gasteiger partial charge in [0.05, 0.1) is 24.5 Å². The zero-order chi connectivity index (χ0) is 12.0. The first-order valence-electron chi connectivity index (χ1n) is 4.64. The van der Waals surface area contributed by atoms with E-state index in [9.17, 15) is 19.8 Å². The van der Waals surface area contributed by atoms with Crippen molar-refractivity contribution in [2.24, 2.45) is 0 Å². The molecule has 0 spiro atoms. The number of hydrogen-bond donors (Lipinski definition) is 0. The molecule has 2 unspecified atom stereocenters. The molecule has 0 bridgehead atoms. The molecule has 2 aliphatic heterocycles. The van der Waals surface area contributed by atoms with Gasteiger partial charge in [-0.25, -0.2) is 0 Å². The fourth-order valence-electron chi connectivity index (χ4n) is 1.07. The molecule has 0 amide bonds. The van der Waals surface area contributed by atoms with E-state index in [-0.39, 0.29) is 24.0 Å². The van der Waals surface area contributed by atoms with Crippen LogP contribution in [0.5, 0.6) is 0 Å². The van der Waals surface area contributed by atoms with Crippen molar-refractivity contribution in [3.63, 3.8) is 0 Å². The van der Waals surface area contributed by atoms with Crippen molar-refractivity contribution in [3.8, 4) is 0 Å². The maximum absolute atomic E-state index is 9.93. The summed E-state index contributed by atoms with van der Waals surface area (Å²) in [6.45, 7) is 0. The monoisotopic (exact) mass is 293 g/mol. The van der Waals surface area contributed by atoms with E-state index in [0.29, 0.717) is 12.8 Å². The van der Waals surface area contributed by atoms with Crippen molar-refractivity contribution in [1.29, 1.82) is 0 Å². The van der Waals surface area contributed by atoms with Crippen molar-refractivity contribution in [3.05, 3.63) is 24.7 Å². The number of carbonyl (C=O) groups is 2. The quantitative estimate of drug-likeness (QED) is 0.577. The van der Waals surface area contributed by atoms with Gasteiger partial charge < -0.3 is 34.8 Å². The molecular weight excluding hydrogens is 283 g/mol. The molecule has 1 radical (unpaired) electrons. The number of carboxylic acid groups (broad SMARTS) is 2. The standard InChI is InChI=1S/2C5H6O3.O.V/c2*6-5(7)4-2-1-3-8-4;;/h2*1,3-4H,2H2,(H,6,7);;/q;;-2;+4/p-2. The van der Waals surface area contributed by atoms with Crippen LogP contribution in [0.15, 0.2) is 24.7 Å². The molecule has 2 rings (SSSR count). The van der Waals surface area contributed by atoms with Gasteiger partial charge in [-0.3, -0.25) is 0 Å². The van der Waals surface area contributed by atoms with Gasteiger partial charge in [0.1, 0.15) is 12.2 Å². The molecule has 0 aromatic rings. The minimum absolute atomic E-state index is 0. The summed E-state index contributed by atoms with van der Waals surface area (Å²) in [5.74, 6) is -2.29. The Kier molecular flexibility index (Phi) is 10.1. The zero-order valence-electron chi connectivity index (χ0n) is 9.18. The molecule has 0 N–H and O–H groups in total. The third kappa shape index (κ3) is 6.34. The molecule has 0 saturated carbocycles. The van der Waals surface area contributed by atoms with Gasteiger partial charge >= 0.3 is 18.6 Å². The van der Waals surface area contributed by atoms with E-state index < -0.39 is 24.1 Å². The van der Waals surface area contributed by atoms with Crippen LogP contribution in [0.3, 0.4) is 0 Å². The van der Waals surface area contributed by atoms with E-state index in [1.165, 1.54) is 12.5 Å². The Morgan fingerprint density at radius 2 is 1.28 bits per heavy atom. The summed E-state index contributed by atoms with van der Waals surface area (Å²) in [7, 11) is 0. The van der Waals surface area contributed by atoms with E-state index in [4.69, 9.17) is 0 Å². The normalized spacial score (nSPS) is 22.4. The number of carbonyl (C=O) groups excluding carboxylic acids is 2. The molecule has 0 aromatic carbocycles. The van der Waals surface area contributed by atoms with Crippen molar-refractivity contribution in [2.75, 3.05) is 0 Å². The van der Waals surface area contributed by atoms with Crippen LogP contribution in [-0.4, -0.2) is 24.1 Å². The van der Waals surface area contributed by atoms with Crippen LogP contribution in [0.1, 0.15) is 12.8 Å². The first-order valence-corrected chi connectivity index (χ1v) is 4.64. The summed E-state index contributed by atoms with van der Waals surface area (Å²) >= 11 is 0. The first kappa shape index (κ1) is 18.9. The summed E-state index contributed by atoms with van der Waals surface area (Å²) in [6, 6.07) is 0. The maximum atomic E-state index is 9.93. The predicted octanol–water partition coefficient (Wildman–Crippen LogP) is -2.04. The molecule has 0 aliphatic carbocycles. The Bertz CT molecular complexity index is 278. The van der Waals surface area contributed by atoms with Crippen molar-refractivity contribution in [1.82, 2.24) is 0 Å². The molecular formula is C10H10O7V. The summed E-state index contributed by atoms with van der Waals surface area (Å²) in [4.78, 5) is 19.9. The Balaban J connectivity index is 0. The summed E-state index contributed by atoms with van der Waals surface area (Å²) in [5.41, 5.74) is 0. The second kappa shape index (κ2) is 9.58. The van der Waals surface area contributed by atoms with Crippen LogP contribution in [-0.2, 0) is 43.1 Å². The van der Waals surface area contributed by atoms with E-state index in [0.717, 1.165) is 0 Å². The van der Waals surface area contributed by atoms with E-state index in [1.807, 2.05) is 0 Å². The van der Waals surface area contributed by atoms with E-state index >= 15 is 0 Å². The Hall–Kier alpha value is -1.44. The van der Waals surface area contributed by atoms with Gasteiger partial charge in [0.25, 0.3) is 0 Å². The van der Waals surface area contributed by atoms with Gasteiger partial charge in [-0.05, 0) is 12.2 Å². The largest absolute Gasteiger partial charge is 4.00 e. The summed E-state index contributed by atoms with van der Waals surface area (Å²) in [5, 5.41) is 19.9. The third-order valence-electron chi connectivity index (χ3n) is 1.90. The SMILES string of the molecule is O=C([O-])C1CC=CO1.O=C([O-])C1CC=CO1.[O-2].[V+4]. The number of aliphatic carboxylic acids is 2. The molecule has 0 fully saturated rings. The minimum Gasteiger partial charge on any atom is -2.00 e. The molecule has 0 aromatic heterocycles. The fraction of sp³-hybridized carbons (Fsp3) is 0.400. The van der Waals surface area contributed by atoms with Crippen LogP contribution < -0.4 is 10.2 Å². The Labute approximate surface area is 115 Å². The van der Waals surface area contributed by atoms with E-state index in [1.54, 1.807) is 12.2 Å². The molecule has 7 nitrogen and oxygen atoms in total. The van der Waals surface area contributed by atoms with Crippen LogP contribution in [0, 0.1) is 0 Å². The van der Waals surface area contributed by atoms with Gasteiger partial charge in [0.15, 0.2) is 0 Å². The molecule has 2 aliphatic rings. The molecule has 18 heavy (non-hydrogen) atoms. The average Bonchev–Trinajstić information content (AvgIpc) is 2.93. The Morgan fingerprint density at radius 3 is 1.39 bits per heavy atom. The summed E-state index contributed by atoms with van der Waals surface area (Å²) in [6.07, 6.45) is 5.44. The van der Waals surface area contributed by atoms with Crippen molar-refractivity contribution in [2.45, 2.75) is 25.0 Å². The molecule has 8 heteroatoms. The fourth-order valence-corrected chi connectivity index (χ4v) is 1.07. The van der Waals surface area contributed by atoms with Crippen LogP contribution >= 0.6 is 0 Å². The van der Waals surface area contributed by atoms with Gasteiger partial charge in [0, 0.05) is 12.8 Å². The summed E-state index contributed by atoms with van der Waals surface area (Å²) < 4.78 is 9.14. The molecule has 2 heterocycles. The van der Waals surface area contributed by atoms with Crippen LogP contribution in [0.25, 0.3) is 0 Å². The van der Waals surface area contributed by atoms with Gasteiger partial charge in [-0.1, -0.05) is 0 Å². The van der Waals surface area contributed by atoms with Gasteiger partial charge in [0.2, 0.25) is 0 Å². The van der Waals surface area contributed by atoms with E-state index in [2.05, 4.69) is 9.47 Å². The van der Waals surface area contributed by atoms with Gasteiger partial charge in [-0.15, -0.1) is 0 Å². The number of ether oxygens (including phenoxy) is 2. The molecule has 97 valence electrons. The second-order valence-corrected chi connectivity index (χ2v) is 3.10. The number of rotatable bonds is 2. The third-order valence-corrected chi connectivity index (χ3v) is 1.90. The molecule has 2 atom stereocenters. The smallest absolute Gasteiger partial charge is 2.00 e. The van der Waals surface area contributed by atoms with Crippen molar-refractivity contribution >= 4 is 11.9 Å². The van der Waals surface area contributed by atoms with Crippen LogP contribution in [0.2, 0.25) is 0 Å². The molecule has 0 saturated heterocycles. The minimum atomic E-state index is -1.14. The number of hydrogen-bond acceptors (Lipinski definition) is 6. The van der Waals surface area contributed by atoms with Gasteiger partial charge in [-0.2, -0.15) is 0 Å². The van der Waals surface area contributed by atoms with Crippen LogP contribution in [0.4, 0.5) is 0 Å². The topological polar surface area (TPSA) is 127 Å². The Morgan fingerprint density at radius 1 is 0.944 bits per heavy atom. The maximum Gasteiger partial charge on any atom is 4.00 e. The second-order valence-electron chi connectivity index (χ2n) is 3.10. The van der Waals surface area contributed by atoms with Crippen molar-refractivity contribution < 1.29 is 53.3 Å². The number of carboxylic acids is 2. The first-order chi connectivity index (χ1) is 7.61.